The number of carboxylic acids is 2. The first-order chi connectivity index (χ1) is 7.50. The van der Waals surface area contributed by atoms with Gasteiger partial charge >= 0.3 is 11.9 Å². The van der Waals surface area contributed by atoms with Gasteiger partial charge < -0.3 is 15.1 Å². The van der Waals surface area contributed by atoms with Gasteiger partial charge in [0.25, 0.3) is 0 Å². The summed E-state index contributed by atoms with van der Waals surface area (Å²) in [6.45, 7) is 0. The van der Waals surface area contributed by atoms with Gasteiger partial charge in [-0.05, 0) is 0 Å². The molecule has 2 N–H and O–H groups in total. The normalized spacial score (nSPS) is 32.6. The lowest BCUT2D eigenvalue weighted by Crippen LogP contribution is -2.55. The van der Waals surface area contributed by atoms with Crippen molar-refractivity contribution in [2.75, 3.05) is 0 Å². The summed E-state index contributed by atoms with van der Waals surface area (Å²) in [4.78, 5) is 33.9. The standard InChI is InChI=1S/C9H9NO5S/c11-5-3-6-10(5)8(9(14)15)4(16-6)1-2-7(12)13/h1-2,4,6,8H,3H2,(H,12,13)(H,14,15). The second-order valence-corrected chi connectivity index (χ2v) is 4.90. The summed E-state index contributed by atoms with van der Waals surface area (Å²) in [5.74, 6) is -2.40. The summed E-state index contributed by atoms with van der Waals surface area (Å²) in [7, 11) is 0. The lowest BCUT2D eigenvalue weighted by atomic mass is 10.1. The molecule has 2 fully saturated rings. The van der Waals surface area contributed by atoms with Crippen LogP contribution in [0, 0.1) is 0 Å². The van der Waals surface area contributed by atoms with Gasteiger partial charge in [0.15, 0.2) is 0 Å². The predicted octanol–water partition coefficient (Wildman–Crippen LogP) is -0.246. The summed E-state index contributed by atoms with van der Waals surface area (Å²) in [5, 5.41) is 16.9. The molecule has 2 aliphatic rings. The highest BCUT2D eigenvalue weighted by molar-refractivity contribution is 8.01. The van der Waals surface area contributed by atoms with Crippen molar-refractivity contribution in [2.45, 2.75) is 23.1 Å². The molecule has 2 heterocycles. The fraction of sp³-hybridized carbons (Fsp3) is 0.444. The molecule has 0 bridgehead atoms. The van der Waals surface area contributed by atoms with Crippen LogP contribution in [0.1, 0.15) is 6.42 Å². The lowest BCUT2D eigenvalue weighted by Gasteiger charge is -2.35. The Morgan fingerprint density at radius 3 is 2.62 bits per heavy atom. The number of amides is 1. The van der Waals surface area contributed by atoms with Crippen LogP contribution in [-0.2, 0) is 14.4 Å². The van der Waals surface area contributed by atoms with Crippen LogP contribution in [0.2, 0.25) is 0 Å². The molecule has 16 heavy (non-hydrogen) atoms. The molecule has 3 unspecified atom stereocenters. The van der Waals surface area contributed by atoms with Gasteiger partial charge in [-0.15, -0.1) is 11.8 Å². The van der Waals surface area contributed by atoms with Crippen LogP contribution in [0.15, 0.2) is 12.2 Å². The van der Waals surface area contributed by atoms with E-state index in [1.165, 1.54) is 22.7 Å². The van der Waals surface area contributed by atoms with Gasteiger partial charge in [0.05, 0.1) is 17.0 Å². The van der Waals surface area contributed by atoms with Gasteiger partial charge in [0.2, 0.25) is 5.91 Å². The van der Waals surface area contributed by atoms with Gasteiger partial charge in [-0.2, -0.15) is 0 Å². The molecule has 1 amide bonds. The highest BCUT2D eigenvalue weighted by Gasteiger charge is 2.53. The second-order valence-electron chi connectivity index (χ2n) is 3.54. The molecule has 0 aromatic heterocycles. The number of carbonyl (C=O) groups excluding carboxylic acids is 1. The molecule has 0 radical (unpaired) electrons. The quantitative estimate of drug-likeness (QED) is 0.524. The first-order valence-corrected chi connectivity index (χ1v) is 5.55. The molecule has 0 saturated carbocycles. The molecule has 0 spiro atoms. The van der Waals surface area contributed by atoms with Crippen molar-refractivity contribution in [1.29, 1.82) is 0 Å². The molecular weight excluding hydrogens is 234 g/mol. The Labute approximate surface area is 94.9 Å². The Balaban J connectivity index is 2.17. The maximum Gasteiger partial charge on any atom is 0.328 e. The van der Waals surface area contributed by atoms with Gasteiger partial charge in [0, 0.05) is 6.08 Å². The maximum atomic E-state index is 11.2. The van der Waals surface area contributed by atoms with Gasteiger partial charge in [-0.3, -0.25) is 4.79 Å². The summed E-state index contributed by atoms with van der Waals surface area (Å²) in [6.07, 6.45) is 2.59. The molecule has 0 aromatic carbocycles. The highest BCUT2D eigenvalue weighted by Crippen LogP contribution is 2.44. The highest BCUT2D eigenvalue weighted by atomic mass is 32.2. The van der Waals surface area contributed by atoms with E-state index in [0.717, 1.165) is 6.08 Å². The smallest absolute Gasteiger partial charge is 0.328 e. The third kappa shape index (κ3) is 1.67. The minimum Gasteiger partial charge on any atom is -0.480 e. The molecular formula is C9H9NO5S. The molecule has 2 saturated heterocycles. The first-order valence-electron chi connectivity index (χ1n) is 4.61. The van der Waals surface area contributed by atoms with E-state index < -0.39 is 23.2 Å². The van der Waals surface area contributed by atoms with E-state index in [4.69, 9.17) is 10.2 Å². The summed E-state index contributed by atoms with van der Waals surface area (Å²) < 4.78 is 0. The molecule has 0 aliphatic carbocycles. The molecule has 3 atom stereocenters. The topological polar surface area (TPSA) is 94.9 Å². The average Bonchev–Trinajstić information content (AvgIpc) is 2.47. The van der Waals surface area contributed by atoms with Crippen LogP contribution in [0.5, 0.6) is 0 Å². The molecule has 86 valence electrons. The zero-order chi connectivity index (χ0) is 11.9. The number of nitrogens with zero attached hydrogens (tertiary/aromatic N) is 1. The van der Waals surface area contributed by atoms with E-state index in [0.29, 0.717) is 6.42 Å². The van der Waals surface area contributed by atoms with Gasteiger partial charge in [-0.25, -0.2) is 9.59 Å². The van der Waals surface area contributed by atoms with Crippen LogP contribution < -0.4 is 0 Å². The Hall–Kier alpha value is -1.50. The monoisotopic (exact) mass is 243 g/mol. The minimum atomic E-state index is -1.12. The van der Waals surface area contributed by atoms with Crippen molar-refractivity contribution in [2.24, 2.45) is 0 Å². The number of hydrogen-bond acceptors (Lipinski definition) is 4. The van der Waals surface area contributed by atoms with Gasteiger partial charge in [-0.1, -0.05) is 6.08 Å². The van der Waals surface area contributed by atoms with Crippen LogP contribution in [0.4, 0.5) is 0 Å². The molecule has 2 rings (SSSR count). The van der Waals surface area contributed by atoms with E-state index in [1.54, 1.807) is 0 Å². The summed E-state index contributed by atoms with van der Waals surface area (Å²) in [5.41, 5.74) is 0. The number of thioether (sulfide) groups is 1. The van der Waals surface area contributed by atoms with Crippen molar-refractivity contribution in [3.63, 3.8) is 0 Å². The molecule has 6 nitrogen and oxygen atoms in total. The van der Waals surface area contributed by atoms with E-state index in [1.807, 2.05) is 0 Å². The fourth-order valence-corrected chi connectivity index (χ4v) is 3.40. The zero-order valence-corrected chi connectivity index (χ0v) is 8.88. The molecule has 0 aromatic rings. The van der Waals surface area contributed by atoms with E-state index in [9.17, 15) is 14.4 Å². The van der Waals surface area contributed by atoms with Crippen molar-refractivity contribution >= 4 is 29.6 Å². The number of hydrogen-bond donors (Lipinski definition) is 2. The third-order valence-corrected chi connectivity index (χ3v) is 3.99. The summed E-state index contributed by atoms with van der Waals surface area (Å²) in [6, 6.07) is -0.938. The van der Waals surface area contributed by atoms with Gasteiger partial charge in [0.1, 0.15) is 6.04 Å². The minimum absolute atomic E-state index is 0.114. The first kappa shape index (κ1) is 11.0. The van der Waals surface area contributed by atoms with Crippen molar-refractivity contribution in [3.8, 4) is 0 Å². The third-order valence-electron chi connectivity index (χ3n) is 2.55. The van der Waals surface area contributed by atoms with E-state index >= 15 is 0 Å². The number of β-lactam (4-membered cyclic amide) rings is 1. The largest absolute Gasteiger partial charge is 0.480 e. The number of carboxylic acid groups (broad SMARTS) is 2. The van der Waals surface area contributed by atoms with E-state index in [-0.39, 0.29) is 11.3 Å². The van der Waals surface area contributed by atoms with Crippen molar-refractivity contribution in [1.82, 2.24) is 4.90 Å². The lowest BCUT2D eigenvalue weighted by molar-refractivity contribution is -0.155. The van der Waals surface area contributed by atoms with Crippen LogP contribution >= 0.6 is 11.8 Å². The Bertz CT molecular complexity index is 393. The van der Waals surface area contributed by atoms with Crippen LogP contribution in [-0.4, -0.2) is 49.6 Å². The number of aliphatic carboxylic acids is 2. The van der Waals surface area contributed by atoms with Crippen molar-refractivity contribution in [3.05, 3.63) is 12.2 Å². The van der Waals surface area contributed by atoms with Crippen LogP contribution in [0.25, 0.3) is 0 Å². The number of rotatable bonds is 3. The Morgan fingerprint density at radius 2 is 2.12 bits per heavy atom. The Kier molecular flexibility index (Phi) is 2.63. The fourth-order valence-electron chi connectivity index (χ4n) is 1.85. The SMILES string of the molecule is O=C(O)C=CC1SC2CC(=O)N2C1C(=O)O. The predicted molar refractivity (Wildman–Crippen MR) is 54.8 cm³/mol. The molecule has 7 heteroatoms. The van der Waals surface area contributed by atoms with Crippen molar-refractivity contribution < 1.29 is 24.6 Å². The Morgan fingerprint density at radius 1 is 1.44 bits per heavy atom. The zero-order valence-electron chi connectivity index (χ0n) is 8.07. The maximum absolute atomic E-state index is 11.2. The number of carbonyl (C=O) groups is 3. The summed E-state index contributed by atoms with van der Waals surface area (Å²) >= 11 is 1.32. The molecule has 2 aliphatic heterocycles. The second kappa shape index (κ2) is 3.82. The average molecular weight is 243 g/mol. The number of fused-ring (bicyclic) bond motifs is 1. The van der Waals surface area contributed by atoms with Crippen LogP contribution in [0.3, 0.4) is 0 Å². The van der Waals surface area contributed by atoms with E-state index in [2.05, 4.69) is 0 Å².